The average molecular weight is 494 g/mol. The maximum atomic E-state index is 12.5. The number of aliphatic imine (C=N–C) groups is 1. The van der Waals surface area contributed by atoms with E-state index in [9.17, 15) is 4.79 Å². The molecule has 1 heterocycles. The third-order valence-corrected chi connectivity index (χ3v) is 4.64. The molecule has 1 saturated heterocycles. The molecule has 28 heavy (non-hydrogen) atoms. The normalized spacial score (nSPS) is 14.2. The second-order valence-electron chi connectivity index (χ2n) is 6.60. The van der Waals surface area contributed by atoms with Crippen LogP contribution in [-0.2, 0) is 6.54 Å². The van der Waals surface area contributed by atoms with Gasteiger partial charge in [-0.2, -0.15) is 0 Å². The van der Waals surface area contributed by atoms with Crippen molar-refractivity contribution in [2.75, 3.05) is 25.5 Å². The van der Waals surface area contributed by atoms with Crippen molar-refractivity contribution in [1.82, 2.24) is 4.90 Å². The number of likely N-dealkylation sites (tertiary alicyclic amines) is 1. The van der Waals surface area contributed by atoms with E-state index in [1.165, 1.54) is 6.42 Å². The van der Waals surface area contributed by atoms with Gasteiger partial charge in [-0.05, 0) is 61.2 Å². The Balaban J connectivity index is 0.00000280. The van der Waals surface area contributed by atoms with Crippen molar-refractivity contribution in [2.45, 2.75) is 25.8 Å². The summed E-state index contributed by atoms with van der Waals surface area (Å²) in [6.45, 7) is 2.17. The van der Waals surface area contributed by atoms with Crippen LogP contribution in [0.1, 0.15) is 35.2 Å². The molecule has 2 aromatic carbocycles. The molecule has 0 aromatic heterocycles. The number of hydrogen-bond donors (Lipinski definition) is 2. The average Bonchev–Trinajstić information content (AvgIpc) is 2.73. The third-order valence-electron chi connectivity index (χ3n) is 4.64. The first-order valence-electron chi connectivity index (χ1n) is 9.25. The third kappa shape index (κ3) is 6.12. The number of anilines is 1. The van der Waals surface area contributed by atoms with Crippen molar-refractivity contribution in [3.8, 4) is 5.75 Å². The van der Waals surface area contributed by atoms with Gasteiger partial charge in [0.2, 0.25) is 0 Å². The number of nitrogens with zero attached hydrogens (tertiary/aromatic N) is 2. The van der Waals surface area contributed by atoms with Gasteiger partial charge in [0.05, 0.1) is 13.7 Å². The van der Waals surface area contributed by atoms with E-state index in [0.717, 1.165) is 48.5 Å². The van der Waals surface area contributed by atoms with E-state index in [1.54, 1.807) is 7.11 Å². The molecule has 0 aliphatic carbocycles. The van der Waals surface area contributed by atoms with Crippen molar-refractivity contribution in [2.24, 2.45) is 10.7 Å². The second-order valence-corrected chi connectivity index (χ2v) is 6.60. The number of rotatable bonds is 5. The quantitative estimate of drug-likeness (QED) is 0.376. The number of piperidine rings is 1. The van der Waals surface area contributed by atoms with Crippen LogP contribution in [0.25, 0.3) is 0 Å². The molecule has 3 N–H and O–H groups in total. The molecule has 0 unspecified atom stereocenters. The van der Waals surface area contributed by atoms with E-state index in [0.29, 0.717) is 12.5 Å². The Bertz CT molecular complexity index is 785. The smallest absolute Gasteiger partial charge is 0.253 e. The maximum Gasteiger partial charge on any atom is 0.253 e. The number of nitrogens with two attached hydrogens (primary N) is 1. The molecule has 6 nitrogen and oxygen atoms in total. The number of benzene rings is 2. The highest BCUT2D eigenvalue weighted by molar-refractivity contribution is 14.0. The fourth-order valence-corrected chi connectivity index (χ4v) is 3.07. The molecule has 1 fully saturated rings. The van der Waals surface area contributed by atoms with Crippen LogP contribution in [0.15, 0.2) is 53.5 Å². The molecule has 0 bridgehead atoms. The fourth-order valence-electron chi connectivity index (χ4n) is 3.07. The molecule has 2 aromatic rings. The van der Waals surface area contributed by atoms with Crippen molar-refractivity contribution in [1.29, 1.82) is 0 Å². The Morgan fingerprint density at radius 2 is 1.71 bits per heavy atom. The summed E-state index contributed by atoms with van der Waals surface area (Å²) < 4.78 is 5.13. The molecule has 0 spiro atoms. The molecular formula is C21H27IN4O2. The lowest BCUT2D eigenvalue weighted by Gasteiger charge is -2.26. The van der Waals surface area contributed by atoms with Gasteiger partial charge in [-0.1, -0.05) is 12.1 Å². The van der Waals surface area contributed by atoms with Gasteiger partial charge in [-0.3, -0.25) is 4.79 Å². The van der Waals surface area contributed by atoms with E-state index in [4.69, 9.17) is 10.5 Å². The highest BCUT2D eigenvalue weighted by Crippen LogP contribution is 2.16. The minimum Gasteiger partial charge on any atom is -0.497 e. The van der Waals surface area contributed by atoms with Crippen LogP contribution in [0.3, 0.4) is 0 Å². The summed E-state index contributed by atoms with van der Waals surface area (Å²) in [6.07, 6.45) is 3.41. The zero-order valence-electron chi connectivity index (χ0n) is 16.1. The highest BCUT2D eigenvalue weighted by Gasteiger charge is 2.17. The number of amides is 1. The summed E-state index contributed by atoms with van der Waals surface area (Å²) in [6, 6.07) is 15.1. The lowest BCUT2D eigenvalue weighted by atomic mass is 10.1. The summed E-state index contributed by atoms with van der Waals surface area (Å²) in [5.74, 6) is 1.24. The number of hydrogen-bond acceptors (Lipinski definition) is 3. The minimum absolute atomic E-state index is 0. The van der Waals surface area contributed by atoms with Gasteiger partial charge in [0.25, 0.3) is 5.91 Å². The van der Waals surface area contributed by atoms with Crippen LogP contribution in [0.4, 0.5) is 5.69 Å². The predicted molar refractivity (Wildman–Crippen MR) is 124 cm³/mol. The van der Waals surface area contributed by atoms with E-state index in [-0.39, 0.29) is 29.9 Å². The van der Waals surface area contributed by atoms with E-state index >= 15 is 0 Å². The molecule has 0 radical (unpaired) electrons. The van der Waals surface area contributed by atoms with Crippen LogP contribution in [0.2, 0.25) is 0 Å². The predicted octanol–water partition coefficient (Wildman–Crippen LogP) is 3.87. The summed E-state index contributed by atoms with van der Waals surface area (Å²) in [5.41, 5.74) is 8.53. The van der Waals surface area contributed by atoms with Gasteiger partial charge in [-0.15, -0.1) is 24.0 Å². The van der Waals surface area contributed by atoms with Gasteiger partial charge in [-0.25, -0.2) is 4.99 Å². The van der Waals surface area contributed by atoms with Crippen LogP contribution in [-0.4, -0.2) is 37.0 Å². The van der Waals surface area contributed by atoms with Crippen molar-refractivity contribution in [3.63, 3.8) is 0 Å². The Labute approximate surface area is 183 Å². The topological polar surface area (TPSA) is 80.0 Å². The summed E-state index contributed by atoms with van der Waals surface area (Å²) in [7, 11) is 1.63. The van der Waals surface area contributed by atoms with Gasteiger partial charge in [0.1, 0.15) is 5.75 Å². The van der Waals surface area contributed by atoms with Crippen LogP contribution < -0.4 is 15.8 Å². The molecule has 7 heteroatoms. The van der Waals surface area contributed by atoms with Crippen molar-refractivity contribution >= 4 is 41.5 Å². The Morgan fingerprint density at radius 1 is 1.07 bits per heavy atom. The first kappa shape index (κ1) is 22.0. The zero-order chi connectivity index (χ0) is 19.1. The maximum absolute atomic E-state index is 12.5. The lowest BCUT2D eigenvalue weighted by molar-refractivity contribution is 0.0724. The largest absolute Gasteiger partial charge is 0.497 e. The number of halogens is 1. The van der Waals surface area contributed by atoms with Gasteiger partial charge in [0.15, 0.2) is 5.96 Å². The van der Waals surface area contributed by atoms with Crippen molar-refractivity contribution in [3.05, 3.63) is 59.7 Å². The molecule has 0 atom stereocenters. The number of methoxy groups -OCH3 is 1. The van der Waals surface area contributed by atoms with Crippen LogP contribution in [0.5, 0.6) is 5.75 Å². The molecular weight excluding hydrogens is 467 g/mol. The standard InChI is InChI=1S/C21H26N4O2.HI/c1-27-19-11-9-18(10-12-19)24-21(22)23-15-16-5-7-17(8-6-16)20(26)25-13-3-2-4-14-25;/h5-12H,2-4,13-15H2,1H3,(H3,22,23,24);1H. The van der Waals surface area contributed by atoms with Gasteiger partial charge in [0, 0.05) is 24.3 Å². The first-order valence-corrected chi connectivity index (χ1v) is 9.25. The zero-order valence-corrected chi connectivity index (χ0v) is 18.4. The Kier molecular flexibility index (Phi) is 8.56. The number of ether oxygens (including phenoxy) is 1. The monoisotopic (exact) mass is 494 g/mol. The molecule has 0 saturated carbocycles. The molecule has 1 aliphatic heterocycles. The number of guanidine groups is 1. The SMILES string of the molecule is COc1ccc(NC(N)=NCc2ccc(C(=O)N3CCCCC3)cc2)cc1.I. The number of carbonyl (C=O) groups is 1. The van der Waals surface area contributed by atoms with E-state index < -0.39 is 0 Å². The molecule has 1 aliphatic rings. The number of carbonyl (C=O) groups excluding carboxylic acids is 1. The summed E-state index contributed by atoms with van der Waals surface area (Å²) in [4.78, 5) is 18.8. The lowest BCUT2D eigenvalue weighted by Crippen LogP contribution is -2.35. The fraction of sp³-hybridized carbons (Fsp3) is 0.333. The van der Waals surface area contributed by atoms with E-state index in [1.807, 2.05) is 53.4 Å². The Morgan fingerprint density at radius 3 is 2.32 bits per heavy atom. The number of nitrogens with one attached hydrogen (secondary N) is 1. The molecule has 1 amide bonds. The molecule has 150 valence electrons. The minimum atomic E-state index is 0. The van der Waals surface area contributed by atoms with Gasteiger partial charge >= 0.3 is 0 Å². The van der Waals surface area contributed by atoms with E-state index in [2.05, 4.69) is 10.3 Å². The summed E-state index contributed by atoms with van der Waals surface area (Å²) >= 11 is 0. The van der Waals surface area contributed by atoms with Gasteiger partial charge < -0.3 is 20.7 Å². The Hall–Kier alpha value is -2.29. The second kappa shape index (κ2) is 10.9. The highest BCUT2D eigenvalue weighted by atomic mass is 127. The summed E-state index contributed by atoms with van der Waals surface area (Å²) in [5, 5.41) is 3.05. The van der Waals surface area contributed by atoms with Crippen LogP contribution >= 0.6 is 24.0 Å². The molecule has 3 rings (SSSR count). The van der Waals surface area contributed by atoms with Crippen LogP contribution in [0, 0.1) is 0 Å². The van der Waals surface area contributed by atoms with Crippen molar-refractivity contribution < 1.29 is 9.53 Å². The first-order chi connectivity index (χ1) is 13.2.